The van der Waals surface area contributed by atoms with Gasteiger partial charge in [0, 0.05) is 45.8 Å². The molecule has 47 heavy (non-hydrogen) atoms. The third kappa shape index (κ3) is 7.19. The van der Waals surface area contributed by atoms with Gasteiger partial charge in [0.1, 0.15) is 0 Å². The molecule has 6 rings (SSSR count). The van der Waals surface area contributed by atoms with E-state index in [1.54, 1.807) is 23.1 Å². The molecule has 0 aliphatic heterocycles. The maximum Gasteiger partial charge on any atom is 0.331 e. The third-order valence-electron chi connectivity index (χ3n) is 7.65. The molecule has 8 heteroatoms. The molecular weight excluding hydrogens is 623 g/mol. The topological polar surface area (TPSA) is 73.6 Å². The predicted octanol–water partition coefficient (Wildman–Crippen LogP) is 8.08. The quantitative estimate of drug-likeness (QED) is 0.0353. The van der Waals surface area contributed by atoms with Crippen LogP contribution in [-0.4, -0.2) is 32.8 Å². The molecule has 0 unspecified atom stereocenters. The first-order valence-electron chi connectivity index (χ1n) is 15.3. The molecule has 0 spiro atoms. The Morgan fingerprint density at radius 1 is 0.915 bits per heavy atom. The second-order valence-corrected chi connectivity index (χ2v) is 13.3. The summed E-state index contributed by atoms with van der Waals surface area (Å²) in [5.74, 6) is 0.368. The predicted molar refractivity (Wildman–Crippen MR) is 195 cm³/mol. The van der Waals surface area contributed by atoms with Gasteiger partial charge in [0.05, 0.1) is 26.6 Å². The normalized spacial score (nSPS) is 12.4. The Bertz CT molecular complexity index is 2250. The van der Waals surface area contributed by atoms with Crippen LogP contribution in [-0.2, 0) is 9.63 Å². The van der Waals surface area contributed by atoms with Gasteiger partial charge in [0.15, 0.2) is 10.1 Å². The lowest BCUT2D eigenvalue weighted by atomic mass is 10.0. The van der Waals surface area contributed by atoms with Crippen LogP contribution in [0.3, 0.4) is 0 Å². The van der Waals surface area contributed by atoms with Gasteiger partial charge in [-0.3, -0.25) is 4.79 Å². The number of oxime groups is 1. The Kier molecular flexibility index (Phi) is 9.90. The number of allylic oxidation sites excluding steroid dienone is 2. The highest BCUT2D eigenvalue weighted by Gasteiger charge is 2.16. The fourth-order valence-electron chi connectivity index (χ4n) is 5.43. The number of rotatable bonds is 11. The highest BCUT2D eigenvalue weighted by molar-refractivity contribution is 8.00. The largest absolute Gasteiger partial charge is 0.331 e. The van der Waals surface area contributed by atoms with Crippen molar-refractivity contribution in [2.45, 2.75) is 31.0 Å². The molecule has 6 aromatic rings. The van der Waals surface area contributed by atoms with Crippen molar-refractivity contribution < 1.29 is 14.4 Å². The molecule has 2 aromatic heterocycles. The minimum absolute atomic E-state index is 0.00608. The zero-order chi connectivity index (χ0) is 32.8. The smallest absolute Gasteiger partial charge is 0.318 e. The van der Waals surface area contributed by atoms with E-state index in [-0.39, 0.29) is 5.78 Å². The summed E-state index contributed by atoms with van der Waals surface area (Å²) in [5.41, 5.74) is 5.95. The van der Waals surface area contributed by atoms with E-state index in [4.69, 9.17) is 4.84 Å². The van der Waals surface area contributed by atoms with Gasteiger partial charge in [0.2, 0.25) is 0 Å². The summed E-state index contributed by atoms with van der Waals surface area (Å²) in [7, 11) is 0. The van der Waals surface area contributed by atoms with Gasteiger partial charge < -0.3 is 9.40 Å². The Morgan fingerprint density at radius 3 is 2.38 bits per heavy atom. The van der Waals surface area contributed by atoms with Crippen LogP contribution in [0.25, 0.3) is 40.1 Å². The number of thiazole rings is 1. The van der Waals surface area contributed by atoms with Gasteiger partial charge >= 0.3 is 5.97 Å². The SMILES string of the molecule is C=c1nc(SCCC/C(=N\OC(C)=O)c2ccc3c(c2)c2ccccc2n3-c2ccc(C(=O)c3ccccc3)cc2)s/c1=C/C=C\C. The van der Waals surface area contributed by atoms with E-state index in [0.717, 1.165) is 59.5 Å². The zero-order valence-corrected chi connectivity index (χ0v) is 27.8. The van der Waals surface area contributed by atoms with Crippen LogP contribution in [0.2, 0.25) is 0 Å². The fourth-order valence-corrected chi connectivity index (χ4v) is 7.47. The maximum absolute atomic E-state index is 13.0. The molecule has 0 saturated heterocycles. The summed E-state index contributed by atoms with van der Waals surface area (Å²) in [5, 5.41) is 7.22. The summed E-state index contributed by atoms with van der Waals surface area (Å²) in [6, 6.07) is 31.5. The Labute approximate surface area is 281 Å². The van der Waals surface area contributed by atoms with E-state index in [0.29, 0.717) is 23.3 Å². The number of carbonyl (C=O) groups excluding carboxylic acids is 2. The van der Waals surface area contributed by atoms with E-state index in [9.17, 15) is 9.59 Å². The van der Waals surface area contributed by atoms with Crippen LogP contribution in [0.5, 0.6) is 0 Å². The van der Waals surface area contributed by atoms with Gasteiger partial charge in [-0.15, -0.1) is 11.3 Å². The highest BCUT2D eigenvalue weighted by atomic mass is 32.2. The maximum atomic E-state index is 13.0. The number of thioether (sulfide) groups is 1. The van der Waals surface area contributed by atoms with E-state index in [1.165, 1.54) is 6.92 Å². The molecule has 6 nitrogen and oxygen atoms in total. The van der Waals surface area contributed by atoms with E-state index in [1.807, 2.05) is 97.9 Å². The fraction of sp³-hybridized carbons (Fsp3) is 0.128. The summed E-state index contributed by atoms with van der Waals surface area (Å²) in [4.78, 5) is 34.5. The Morgan fingerprint density at radius 2 is 1.62 bits per heavy atom. The number of carbonyl (C=O) groups is 2. The molecule has 0 aliphatic rings. The van der Waals surface area contributed by atoms with Crippen LogP contribution in [0.15, 0.2) is 119 Å². The molecule has 0 saturated carbocycles. The molecule has 4 aromatic carbocycles. The molecule has 2 heterocycles. The van der Waals surface area contributed by atoms with Crippen LogP contribution < -0.4 is 9.88 Å². The van der Waals surface area contributed by atoms with Crippen molar-refractivity contribution in [1.29, 1.82) is 0 Å². The molecule has 0 bridgehead atoms. The van der Waals surface area contributed by atoms with Crippen LogP contribution in [0.4, 0.5) is 0 Å². The highest BCUT2D eigenvalue weighted by Crippen LogP contribution is 2.33. The molecule has 0 N–H and O–H groups in total. The summed E-state index contributed by atoms with van der Waals surface area (Å²) < 4.78 is 4.25. The van der Waals surface area contributed by atoms with Crippen LogP contribution in [0.1, 0.15) is 48.2 Å². The van der Waals surface area contributed by atoms with Crippen molar-refractivity contribution in [3.63, 3.8) is 0 Å². The average molecular weight is 656 g/mol. The van der Waals surface area contributed by atoms with Gasteiger partial charge in [-0.05, 0) is 68.3 Å². The zero-order valence-electron chi connectivity index (χ0n) is 26.2. The molecule has 0 amide bonds. The first kappa shape index (κ1) is 31.9. The second kappa shape index (κ2) is 14.6. The van der Waals surface area contributed by atoms with E-state index >= 15 is 0 Å². The van der Waals surface area contributed by atoms with Crippen molar-refractivity contribution in [2.75, 3.05) is 5.75 Å². The molecular formula is C39H33N3O3S2. The van der Waals surface area contributed by atoms with Gasteiger partial charge in [-0.25, -0.2) is 9.78 Å². The van der Waals surface area contributed by atoms with E-state index in [2.05, 4.69) is 45.6 Å². The minimum atomic E-state index is -0.459. The van der Waals surface area contributed by atoms with Gasteiger partial charge in [0.25, 0.3) is 0 Å². The van der Waals surface area contributed by atoms with Gasteiger partial charge in [-0.2, -0.15) is 0 Å². The average Bonchev–Trinajstić information content (AvgIpc) is 3.63. The third-order valence-corrected chi connectivity index (χ3v) is 9.94. The number of nitrogens with zero attached hydrogens (tertiary/aromatic N) is 3. The van der Waals surface area contributed by atoms with Crippen molar-refractivity contribution in [3.05, 3.63) is 136 Å². The van der Waals surface area contributed by atoms with Crippen molar-refractivity contribution in [1.82, 2.24) is 9.55 Å². The standard InChI is InChI=1S/C39H33N3O3S2/c1-4-5-17-37-26(2)40-39(47-37)46-24-11-15-34(41-45-27(3)43)30-20-23-36-33(25-30)32-14-9-10-16-35(32)42(36)31-21-18-29(19-22-31)38(44)28-12-7-6-8-13-28/h4-10,12-14,16-23,25H,2,11,15,24H2,1,3H3/b5-4-,37-17+,41-34+. The van der Waals surface area contributed by atoms with Crippen LogP contribution >= 0.6 is 23.1 Å². The minimum Gasteiger partial charge on any atom is -0.318 e. The second-order valence-electron chi connectivity index (χ2n) is 10.9. The van der Waals surface area contributed by atoms with Crippen molar-refractivity contribution in [3.8, 4) is 5.69 Å². The monoisotopic (exact) mass is 655 g/mol. The van der Waals surface area contributed by atoms with Crippen LogP contribution in [0, 0.1) is 0 Å². The first-order chi connectivity index (χ1) is 22.9. The Hall–Kier alpha value is -5.05. The number of fused-ring (bicyclic) bond motifs is 3. The first-order valence-corrected chi connectivity index (χ1v) is 17.1. The summed E-state index contributed by atoms with van der Waals surface area (Å²) in [6.45, 7) is 7.40. The lowest BCUT2D eigenvalue weighted by Crippen LogP contribution is -2.17. The van der Waals surface area contributed by atoms with Gasteiger partial charge in [-0.1, -0.05) is 90.2 Å². The number of para-hydroxylation sites is 1. The summed E-state index contributed by atoms with van der Waals surface area (Å²) in [6.07, 6.45) is 7.45. The number of benzene rings is 4. The number of hydrogen-bond acceptors (Lipinski definition) is 7. The Balaban J connectivity index is 1.28. The molecule has 0 atom stereocenters. The van der Waals surface area contributed by atoms with Crippen molar-refractivity contribution in [2.24, 2.45) is 5.16 Å². The summed E-state index contributed by atoms with van der Waals surface area (Å²) >= 11 is 3.33. The number of hydrogen-bond donors (Lipinski definition) is 0. The number of aromatic nitrogens is 2. The molecule has 234 valence electrons. The lowest BCUT2D eigenvalue weighted by molar-refractivity contribution is -0.140. The molecule has 0 fully saturated rings. The van der Waals surface area contributed by atoms with Crippen molar-refractivity contribution >= 4 is 75.0 Å². The number of ketones is 1. The molecule has 0 aliphatic carbocycles. The lowest BCUT2D eigenvalue weighted by Gasteiger charge is -2.10. The van der Waals surface area contributed by atoms with E-state index < -0.39 is 5.97 Å². The molecule has 0 radical (unpaired) electrons.